The number of carbonyl (C=O) groups is 1. The van der Waals surface area contributed by atoms with Gasteiger partial charge in [-0.25, -0.2) is 0 Å². The Balaban J connectivity index is 2.87. The molecule has 16 heavy (non-hydrogen) atoms. The molecule has 0 aromatic carbocycles. The highest BCUT2D eigenvalue weighted by molar-refractivity contribution is 5.94. The Kier molecular flexibility index (Phi) is 4.43. The molecule has 0 spiro atoms. The van der Waals surface area contributed by atoms with Gasteiger partial charge >= 0.3 is 0 Å². The van der Waals surface area contributed by atoms with Crippen LogP contribution >= 0.6 is 0 Å². The molecule has 0 N–H and O–H groups in total. The summed E-state index contributed by atoms with van der Waals surface area (Å²) in [7, 11) is 7.53. The van der Waals surface area contributed by atoms with Crippen LogP contribution in [0, 0.1) is 0 Å². The van der Waals surface area contributed by atoms with Crippen LogP contribution in [-0.2, 0) is 6.42 Å². The zero-order valence-corrected chi connectivity index (χ0v) is 10.4. The van der Waals surface area contributed by atoms with Crippen LogP contribution in [0.4, 0.5) is 0 Å². The maximum absolute atomic E-state index is 11.9. The van der Waals surface area contributed by atoms with Crippen LogP contribution < -0.4 is 0 Å². The fourth-order valence-electron chi connectivity index (χ4n) is 1.40. The number of carbonyl (C=O) groups excluding carboxylic acids is 1. The fourth-order valence-corrected chi connectivity index (χ4v) is 1.40. The smallest absolute Gasteiger partial charge is 0.255 e. The van der Waals surface area contributed by atoms with Crippen LogP contribution in [0.5, 0.6) is 0 Å². The van der Waals surface area contributed by atoms with Gasteiger partial charge in [0.15, 0.2) is 0 Å². The lowest BCUT2D eigenvalue weighted by Gasteiger charge is -2.14. The van der Waals surface area contributed by atoms with E-state index in [1.54, 1.807) is 31.3 Å². The van der Waals surface area contributed by atoms with Crippen LogP contribution in [0.15, 0.2) is 18.3 Å². The molecule has 0 aliphatic heterocycles. The number of hydrogen-bond acceptors (Lipinski definition) is 3. The van der Waals surface area contributed by atoms with E-state index in [4.69, 9.17) is 0 Å². The predicted molar refractivity (Wildman–Crippen MR) is 64.5 cm³/mol. The van der Waals surface area contributed by atoms with E-state index < -0.39 is 0 Å². The third-order valence-corrected chi connectivity index (χ3v) is 2.32. The van der Waals surface area contributed by atoms with Gasteiger partial charge < -0.3 is 9.80 Å². The molecule has 1 amide bonds. The van der Waals surface area contributed by atoms with Crippen LogP contribution in [0.25, 0.3) is 0 Å². The van der Waals surface area contributed by atoms with Crippen molar-refractivity contribution in [2.24, 2.45) is 0 Å². The number of pyridine rings is 1. The number of amides is 1. The minimum atomic E-state index is 0.0156. The quantitative estimate of drug-likeness (QED) is 0.757. The molecule has 0 saturated carbocycles. The number of likely N-dealkylation sites (N-methyl/N-ethyl adjacent to an activating group) is 1. The normalized spacial score (nSPS) is 10.6. The lowest BCUT2D eigenvalue weighted by molar-refractivity contribution is 0.0826. The highest BCUT2D eigenvalue weighted by Gasteiger charge is 2.13. The number of aromatic nitrogens is 1. The van der Waals surface area contributed by atoms with Crippen LogP contribution in [0.2, 0.25) is 0 Å². The van der Waals surface area contributed by atoms with E-state index in [1.807, 2.05) is 20.2 Å². The van der Waals surface area contributed by atoms with E-state index in [0.717, 1.165) is 18.7 Å². The Bertz CT molecular complexity index is 361. The molecule has 4 heteroatoms. The summed E-state index contributed by atoms with van der Waals surface area (Å²) in [6.45, 7) is 0.894. The van der Waals surface area contributed by atoms with Crippen LogP contribution in [-0.4, -0.2) is 55.4 Å². The first-order valence-corrected chi connectivity index (χ1v) is 5.32. The first-order valence-electron chi connectivity index (χ1n) is 5.32. The van der Waals surface area contributed by atoms with Crippen molar-refractivity contribution in [3.63, 3.8) is 0 Å². The van der Waals surface area contributed by atoms with E-state index >= 15 is 0 Å². The third-order valence-electron chi connectivity index (χ3n) is 2.32. The molecule has 0 atom stereocenters. The summed E-state index contributed by atoms with van der Waals surface area (Å²) in [5, 5.41) is 0. The molecule has 1 rings (SSSR count). The first-order chi connectivity index (χ1) is 7.52. The number of nitrogens with zero attached hydrogens (tertiary/aromatic N) is 3. The van der Waals surface area contributed by atoms with Crippen molar-refractivity contribution >= 4 is 5.91 Å². The highest BCUT2D eigenvalue weighted by Crippen LogP contribution is 2.08. The molecular formula is C12H19N3O. The van der Waals surface area contributed by atoms with Crippen LogP contribution in [0.1, 0.15) is 16.1 Å². The second kappa shape index (κ2) is 5.61. The van der Waals surface area contributed by atoms with Crippen molar-refractivity contribution in [2.75, 3.05) is 34.7 Å². The van der Waals surface area contributed by atoms with Crippen molar-refractivity contribution in [3.05, 3.63) is 29.6 Å². The van der Waals surface area contributed by atoms with E-state index in [9.17, 15) is 4.79 Å². The standard InChI is InChI=1S/C12H19N3O/c1-14(2)9-7-11-10(6-5-8-13-11)12(16)15(3)4/h5-6,8H,7,9H2,1-4H3. The Labute approximate surface area is 96.9 Å². The zero-order valence-electron chi connectivity index (χ0n) is 10.4. The molecular weight excluding hydrogens is 202 g/mol. The lowest BCUT2D eigenvalue weighted by atomic mass is 10.1. The fraction of sp³-hybridized carbons (Fsp3) is 0.500. The van der Waals surface area contributed by atoms with Gasteiger partial charge in [-0.1, -0.05) is 0 Å². The van der Waals surface area contributed by atoms with Crippen LogP contribution in [0.3, 0.4) is 0 Å². The first kappa shape index (κ1) is 12.6. The largest absolute Gasteiger partial charge is 0.345 e. The van der Waals surface area contributed by atoms with Gasteiger partial charge in [0.25, 0.3) is 5.91 Å². The van der Waals surface area contributed by atoms with Gasteiger partial charge in [-0.2, -0.15) is 0 Å². The highest BCUT2D eigenvalue weighted by atomic mass is 16.2. The molecule has 0 saturated heterocycles. The van der Waals surface area contributed by atoms with Crippen molar-refractivity contribution in [1.29, 1.82) is 0 Å². The minimum Gasteiger partial charge on any atom is -0.345 e. The van der Waals surface area contributed by atoms with Gasteiger partial charge in [-0.15, -0.1) is 0 Å². The average Bonchev–Trinajstić information content (AvgIpc) is 2.25. The molecule has 88 valence electrons. The second-order valence-electron chi connectivity index (χ2n) is 4.25. The molecule has 1 heterocycles. The molecule has 0 fully saturated rings. The van der Waals surface area contributed by atoms with Gasteiger partial charge in [-0.05, 0) is 26.2 Å². The van der Waals surface area contributed by atoms with E-state index in [2.05, 4.69) is 9.88 Å². The Hall–Kier alpha value is -1.42. The summed E-state index contributed by atoms with van der Waals surface area (Å²) >= 11 is 0. The van der Waals surface area contributed by atoms with Crippen molar-refractivity contribution in [2.45, 2.75) is 6.42 Å². The van der Waals surface area contributed by atoms with Gasteiger partial charge in [0.05, 0.1) is 11.3 Å². The molecule has 1 aromatic heterocycles. The Morgan fingerprint density at radius 1 is 1.31 bits per heavy atom. The number of hydrogen-bond donors (Lipinski definition) is 0. The number of rotatable bonds is 4. The molecule has 1 aromatic rings. The topological polar surface area (TPSA) is 36.4 Å². The van der Waals surface area contributed by atoms with Gasteiger partial charge in [-0.3, -0.25) is 9.78 Å². The summed E-state index contributed by atoms with van der Waals surface area (Å²) in [5.74, 6) is 0.0156. The van der Waals surface area contributed by atoms with Gasteiger partial charge in [0, 0.05) is 33.3 Å². The minimum absolute atomic E-state index is 0.0156. The average molecular weight is 221 g/mol. The van der Waals surface area contributed by atoms with Crippen molar-refractivity contribution in [3.8, 4) is 0 Å². The second-order valence-corrected chi connectivity index (χ2v) is 4.25. The van der Waals surface area contributed by atoms with Gasteiger partial charge in [0.2, 0.25) is 0 Å². The third kappa shape index (κ3) is 3.31. The predicted octanol–water partition coefficient (Wildman–Crippen LogP) is 0.887. The van der Waals surface area contributed by atoms with E-state index in [-0.39, 0.29) is 5.91 Å². The maximum atomic E-state index is 11.9. The van der Waals surface area contributed by atoms with Crippen molar-refractivity contribution < 1.29 is 4.79 Å². The molecule has 0 bridgehead atoms. The van der Waals surface area contributed by atoms with Gasteiger partial charge in [0.1, 0.15) is 0 Å². The molecule has 4 nitrogen and oxygen atoms in total. The SMILES string of the molecule is CN(C)CCc1ncccc1C(=O)N(C)C. The van der Waals surface area contributed by atoms with Crippen molar-refractivity contribution in [1.82, 2.24) is 14.8 Å². The zero-order chi connectivity index (χ0) is 12.1. The summed E-state index contributed by atoms with van der Waals surface area (Å²) in [6, 6.07) is 3.64. The Morgan fingerprint density at radius 3 is 2.56 bits per heavy atom. The Morgan fingerprint density at radius 2 is 2.00 bits per heavy atom. The van der Waals surface area contributed by atoms with E-state index in [0.29, 0.717) is 5.56 Å². The molecule has 0 aliphatic rings. The molecule has 0 aliphatic carbocycles. The monoisotopic (exact) mass is 221 g/mol. The molecule has 0 unspecified atom stereocenters. The molecule has 0 radical (unpaired) electrons. The maximum Gasteiger partial charge on any atom is 0.255 e. The summed E-state index contributed by atoms with van der Waals surface area (Å²) in [6.07, 6.45) is 2.53. The van der Waals surface area contributed by atoms with E-state index in [1.165, 1.54) is 0 Å². The summed E-state index contributed by atoms with van der Waals surface area (Å²) < 4.78 is 0. The summed E-state index contributed by atoms with van der Waals surface area (Å²) in [4.78, 5) is 19.8. The lowest BCUT2D eigenvalue weighted by Crippen LogP contribution is -2.24. The summed E-state index contributed by atoms with van der Waals surface area (Å²) in [5.41, 5.74) is 1.57.